The zero-order chi connectivity index (χ0) is 15.4. The zero-order valence-corrected chi connectivity index (χ0v) is 13.9. The third-order valence-corrected chi connectivity index (χ3v) is 4.01. The van der Waals surface area contributed by atoms with Crippen LogP contribution < -0.4 is 11.1 Å². The van der Waals surface area contributed by atoms with Crippen LogP contribution in [0.5, 0.6) is 0 Å². The second kappa shape index (κ2) is 6.91. The quantitative estimate of drug-likeness (QED) is 0.304. The molecule has 0 aliphatic carbocycles. The van der Waals surface area contributed by atoms with Gasteiger partial charge in [0, 0.05) is 26.7 Å². The van der Waals surface area contributed by atoms with Gasteiger partial charge < -0.3 is 16.3 Å². The molecular formula is C14H12Br2FN3O. The number of nitrogens with zero attached hydrogens (tertiary/aromatic N) is 1. The van der Waals surface area contributed by atoms with Gasteiger partial charge in [-0.2, -0.15) is 0 Å². The van der Waals surface area contributed by atoms with Gasteiger partial charge in [-0.1, -0.05) is 33.2 Å². The predicted molar refractivity (Wildman–Crippen MR) is 88.1 cm³/mol. The Morgan fingerprint density at radius 3 is 2.71 bits per heavy atom. The Kier molecular flexibility index (Phi) is 5.19. The molecule has 0 unspecified atom stereocenters. The summed E-state index contributed by atoms with van der Waals surface area (Å²) in [5.74, 6) is -0.757. The van der Waals surface area contributed by atoms with Crippen LogP contribution in [0, 0.1) is 5.82 Å². The van der Waals surface area contributed by atoms with E-state index in [-0.39, 0.29) is 17.9 Å². The van der Waals surface area contributed by atoms with E-state index in [1.165, 1.54) is 6.07 Å². The fourth-order valence-corrected chi connectivity index (χ4v) is 2.98. The number of hydrogen-bond donors (Lipinski definition) is 3. The van der Waals surface area contributed by atoms with E-state index in [9.17, 15) is 4.39 Å². The first kappa shape index (κ1) is 15.8. The lowest BCUT2D eigenvalue weighted by atomic mass is 10.1. The fraction of sp³-hybridized carbons (Fsp3) is 0.0714. The van der Waals surface area contributed by atoms with E-state index in [1.807, 2.05) is 18.2 Å². The number of halogens is 3. The number of nitrogens with two attached hydrogens (primary N) is 1. The second-order valence-electron chi connectivity index (χ2n) is 4.24. The molecule has 4 nitrogen and oxygen atoms in total. The smallest absolute Gasteiger partial charge is 0.173 e. The van der Waals surface area contributed by atoms with E-state index in [2.05, 4.69) is 42.3 Å². The molecule has 21 heavy (non-hydrogen) atoms. The van der Waals surface area contributed by atoms with Gasteiger partial charge in [0.1, 0.15) is 5.82 Å². The highest BCUT2D eigenvalue weighted by Gasteiger charge is 2.11. The van der Waals surface area contributed by atoms with Gasteiger partial charge in [0.15, 0.2) is 5.84 Å². The van der Waals surface area contributed by atoms with E-state index in [4.69, 9.17) is 10.9 Å². The number of benzene rings is 2. The van der Waals surface area contributed by atoms with Crippen molar-refractivity contribution in [2.24, 2.45) is 10.9 Å². The van der Waals surface area contributed by atoms with Crippen molar-refractivity contribution in [2.75, 3.05) is 5.32 Å². The highest BCUT2D eigenvalue weighted by molar-refractivity contribution is 9.11. The van der Waals surface area contributed by atoms with Gasteiger partial charge >= 0.3 is 0 Å². The molecule has 110 valence electrons. The molecule has 0 amide bonds. The summed E-state index contributed by atoms with van der Waals surface area (Å²) in [6.07, 6.45) is 0. The molecule has 0 atom stereocenters. The summed E-state index contributed by atoms with van der Waals surface area (Å²) in [6.45, 7) is 0.276. The third kappa shape index (κ3) is 3.74. The van der Waals surface area contributed by atoms with Crippen LogP contribution in [0.25, 0.3) is 0 Å². The Bertz CT molecular complexity index is 692. The number of oxime groups is 1. The van der Waals surface area contributed by atoms with Gasteiger partial charge in [0.2, 0.25) is 0 Å². The summed E-state index contributed by atoms with van der Waals surface area (Å²) >= 11 is 6.80. The molecule has 0 saturated carbocycles. The zero-order valence-electron chi connectivity index (χ0n) is 10.8. The van der Waals surface area contributed by atoms with Gasteiger partial charge in [-0.05, 0) is 40.2 Å². The van der Waals surface area contributed by atoms with E-state index >= 15 is 0 Å². The standard InChI is InChI=1S/C14H12Br2FN3O/c15-9-4-5-12(11(16)6-9)19-7-8-2-1-3-10(13(8)17)14(18)20-21/h1-6,19,21H,7H2,(H2,18,20). The van der Waals surface area contributed by atoms with Crippen molar-refractivity contribution in [1.29, 1.82) is 0 Å². The Morgan fingerprint density at radius 1 is 1.29 bits per heavy atom. The van der Waals surface area contributed by atoms with Crippen LogP contribution in [0.15, 0.2) is 50.5 Å². The predicted octanol–water partition coefficient (Wildman–Crippen LogP) is 4.06. The molecule has 2 aromatic rings. The minimum absolute atomic E-state index is 0.0756. The molecule has 2 rings (SSSR count). The van der Waals surface area contributed by atoms with Crippen LogP contribution in [0.2, 0.25) is 0 Å². The van der Waals surface area contributed by atoms with Gasteiger partial charge in [-0.25, -0.2) is 4.39 Å². The summed E-state index contributed by atoms with van der Waals surface area (Å²) in [5.41, 5.74) is 6.78. The molecule has 0 aromatic heterocycles. The fourth-order valence-electron chi connectivity index (χ4n) is 1.79. The summed E-state index contributed by atoms with van der Waals surface area (Å²) in [5, 5.41) is 14.6. The normalized spacial score (nSPS) is 11.5. The minimum Gasteiger partial charge on any atom is -0.409 e. The largest absolute Gasteiger partial charge is 0.409 e. The lowest BCUT2D eigenvalue weighted by Crippen LogP contribution is -2.16. The molecule has 0 bridgehead atoms. The maximum Gasteiger partial charge on any atom is 0.173 e. The number of amidine groups is 1. The summed E-state index contributed by atoms with van der Waals surface area (Å²) < 4.78 is 16.1. The molecule has 0 radical (unpaired) electrons. The lowest BCUT2D eigenvalue weighted by Gasteiger charge is -2.11. The molecule has 0 spiro atoms. The van der Waals surface area contributed by atoms with Crippen molar-refractivity contribution >= 4 is 43.4 Å². The third-order valence-electron chi connectivity index (χ3n) is 2.86. The molecule has 2 aromatic carbocycles. The Labute approximate surface area is 138 Å². The summed E-state index contributed by atoms with van der Waals surface area (Å²) in [7, 11) is 0. The number of nitrogens with one attached hydrogen (secondary N) is 1. The van der Waals surface area contributed by atoms with Crippen LogP contribution in [-0.2, 0) is 6.54 Å². The Hall–Kier alpha value is -1.60. The monoisotopic (exact) mass is 415 g/mol. The van der Waals surface area contributed by atoms with Crippen molar-refractivity contribution in [3.63, 3.8) is 0 Å². The molecule has 0 heterocycles. The lowest BCUT2D eigenvalue weighted by molar-refractivity contribution is 0.318. The van der Waals surface area contributed by atoms with Crippen LogP contribution in [0.4, 0.5) is 10.1 Å². The van der Waals surface area contributed by atoms with Gasteiger partial charge in [-0.15, -0.1) is 0 Å². The van der Waals surface area contributed by atoms with E-state index < -0.39 is 5.82 Å². The second-order valence-corrected chi connectivity index (χ2v) is 6.01. The first-order valence-electron chi connectivity index (χ1n) is 5.97. The molecule has 0 aliphatic heterocycles. The average molecular weight is 417 g/mol. The van der Waals surface area contributed by atoms with Crippen LogP contribution in [0.1, 0.15) is 11.1 Å². The Balaban J connectivity index is 2.21. The van der Waals surface area contributed by atoms with E-state index in [1.54, 1.807) is 12.1 Å². The molecule has 4 N–H and O–H groups in total. The van der Waals surface area contributed by atoms with Crippen LogP contribution in [-0.4, -0.2) is 11.0 Å². The van der Waals surface area contributed by atoms with E-state index in [0.717, 1.165) is 14.6 Å². The summed E-state index contributed by atoms with van der Waals surface area (Å²) in [6, 6.07) is 10.4. The van der Waals surface area contributed by atoms with Gasteiger partial charge in [0.05, 0.1) is 5.56 Å². The first-order chi connectivity index (χ1) is 10.0. The Morgan fingerprint density at radius 2 is 2.05 bits per heavy atom. The van der Waals surface area contributed by atoms with Crippen LogP contribution >= 0.6 is 31.9 Å². The topological polar surface area (TPSA) is 70.6 Å². The highest BCUT2D eigenvalue weighted by Crippen LogP contribution is 2.27. The molecule has 0 aliphatic rings. The minimum atomic E-state index is -0.506. The molecular weight excluding hydrogens is 405 g/mol. The highest BCUT2D eigenvalue weighted by atomic mass is 79.9. The number of rotatable bonds is 4. The van der Waals surface area contributed by atoms with Gasteiger partial charge in [0.25, 0.3) is 0 Å². The maximum atomic E-state index is 14.2. The maximum absolute atomic E-state index is 14.2. The van der Waals surface area contributed by atoms with Crippen molar-refractivity contribution in [3.05, 3.63) is 62.3 Å². The van der Waals surface area contributed by atoms with E-state index in [0.29, 0.717) is 5.56 Å². The van der Waals surface area contributed by atoms with Crippen LogP contribution in [0.3, 0.4) is 0 Å². The number of anilines is 1. The molecule has 0 fully saturated rings. The van der Waals surface area contributed by atoms with Crippen molar-refractivity contribution < 1.29 is 9.60 Å². The SMILES string of the molecule is N/C(=N/O)c1cccc(CNc2ccc(Br)cc2Br)c1F. The first-order valence-corrected chi connectivity index (χ1v) is 7.55. The van der Waals surface area contributed by atoms with Crippen molar-refractivity contribution in [2.45, 2.75) is 6.54 Å². The van der Waals surface area contributed by atoms with Crippen molar-refractivity contribution in [3.8, 4) is 0 Å². The molecule has 7 heteroatoms. The summed E-state index contributed by atoms with van der Waals surface area (Å²) in [4.78, 5) is 0. The van der Waals surface area contributed by atoms with Gasteiger partial charge in [-0.3, -0.25) is 0 Å². The molecule has 0 saturated heterocycles. The number of hydrogen-bond acceptors (Lipinski definition) is 3. The van der Waals surface area contributed by atoms with Crippen molar-refractivity contribution in [1.82, 2.24) is 0 Å². The average Bonchev–Trinajstić information content (AvgIpc) is 2.47.